The molecular formula is C14H27NO. The van der Waals surface area contributed by atoms with Gasteiger partial charge in [-0.1, -0.05) is 19.3 Å². The smallest absolute Gasteiger partial charge is 0.0434 e. The van der Waals surface area contributed by atoms with Crippen LogP contribution in [0.3, 0.4) is 0 Å². The van der Waals surface area contributed by atoms with Crippen LogP contribution in [0, 0.1) is 5.92 Å². The average molecular weight is 225 g/mol. The van der Waals surface area contributed by atoms with E-state index >= 15 is 0 Å². The van der Waals surface area contributed by atoms with Crippen LogP contribution in [0.5, 0.6) is 0 Å². The summed E-state index contributed by atoms with van der Waals surface area (Å²) in [6, 6.07) is 0.826. The minimum atomic E-state index is 0.310. The number of likely N-dealkylation sites (tertiary alicyclic amines) is 1. The Morgan fingerprint density at radius 3 is 2.44 bits per heavy atom. The van der Waals surface area contributed by atoms with Crippen molar-refractivity contribution < 1.29 is 5.11 Å². The summed E-state index contributed by atoms with van der Waals surface area (Å²) in [6.07, 6.45) is 9.33. The first-order chi connectivity index (χ1) is 7.66. The molecule has 2 aliphatic rings. The molecule has 1 unspecified atom stereocenters. The minimum Gasteiger partial charge on any atom is -0.396 e. The summed E-state index contributed by atoms with van der Waals surface area (Å²) in [6.45, 7) is 6.37. The number of aliphatic hydroxyl groups excluding tert-OH is 1. The summed E-state index contributed by atoms with van der Waals surface area (Å²) >= 11 is 0. The number of hydrogen-bond acceptors (Lipinski definition) is 2. The first-order valence-corrected chi connectivity index (χ1v) is 7.04. The fraction of sp³-hybridized carbons (Fsp3) is 1.00. The molecule has 1 heterocycles. The molecule has 0 aromatic carbocycles. The maximum atomic E-state index is 9.14. The van der Waals surface area contributed by atoms with Gasteiger partial charge < -0.3 is 5.11 Å². The van der Waals surface area contributed by atoms with Crippen LogP contribution >= 0.6 is 0 Å². The molecule has 1 N–H and O–H groups in total. The van der Waals surface area contributed by atoms with E-state index in [2.05, 4.69) is 18.7 Å². The van der Waals surface area contributed by atoms with Gasteiger partial charge in [0.15, 0.2) is 0 Å². The monoisotopic (exact) mass is 225 g/mol. The number of hydrogen-bond donors (Lipinski definition) is 1. The van der Waals surface area contributed by atoms with Gasteiger partial charge in [-0.15, -0.1) is 0 Å². The van der Waals surface area contributed by atoms with E-state index in [1.807, 2.05) is 0 Å². The summed E-state index contributed by atoms with van der Waals surface area (Å²) in [5.74, 6) is 0.694. The van der Waals surface area contributed by atoms with Crippen molar-refractivity contribution in [2.45, 2.75) is 70.4 Å². The predicted octanol–water partition coefficient (Wildman–Crippen LogP) is 2.80. The van der Waals surface area contributed by atoms with Crippen LogP contribution in [0.4, 0.5) is 0 Å². The first-order valence-electron chi connectivity index (χ1n) is 7.04. The van der Waals surface area contributed by atoms with Crippen molar-refractivity contribution in [2.75, 3.05) is 13.2 Å². The Morgan fingerprint density at radius 2 is 1.81 bits per heavy atom. The van der Waals surface area contributed by atoms with Crippen LogP contribution in [-0.4, -0.2) is 34.7 Å². The first kappa shape index (κ1) is 12.4. The van der Waals surface area contributed by atoms with Gasteiger partial charge in [-0.25, -0.2) is 0 Å². The number of aliphatic hydroxyl groups is 1. The summed E-state index contributed by atoms with van der Waals surface area (Å²) in [5, 5.41) is 9.14. The topological polar surface area (TPSA) is 23.5 Å². The molecule has 2 nitrogen and oxygen atoms in total. The molecular weight excluding hydrogens is 198 g/mol. The highest BCUT2D eigenvalue weighted by molar-refractivity contribution is 4.98. The molecule has 1 saturated carbocycles. The molecule has 1 atom stereocenters. The third kappa shape index (κ3) is 2.28. The molecule has 2 heteroatoms. The fourth-order valence-electron chi connectivity index (χ4n) is 3.87. The Labute approximate surface area is 100 Å². The van der Waals surface area contributed by atoms with Crippen molar-refractivity contribution >= 4 is 0 Å². The SMILES string of the molecule is CC1(C)C(CCO)CCN1C1CCCCC1. The van der Waals surface area contributed by atoms with Gasteiger partial charge in [0.2, 0.25) is 0 Å². The van der Waals surface area contributed by atoms with Crippen molar-refractivity contribution in [3.63, 3.8) is 0 Å². The van der Waals surface area contributed by atoms with Gasteiger partial charge in [-0.2, -0.15) is 0 Å². The molecule has 0 bridgehead atoms. The second kappa shape index (κ2) is 5.05. The molecule has 1 aliphatic carbocycles. The molecule has 0 amide bonds. The summed E-state index contributed by atoms with van der Waals surface area (Å²) in [5.41, 5.74) is 0.310. The zero-order valence-electron chi connectivity index (χ0n) is 10.9. The number of rotatable bonds is 3. The molecule has 1 aliphatic heterocycles. The van der Waals surface area contributed by atoms with Crippen LogP contribution in [-0.2, 0) is 0 Å². The van der Waals surface area contributed by atoms with Crippen molar-refractivity contribution in [2.24, 2.45) is 5.92 Å². The van der Waals surface area contributed by atoms with E-state index in [0.717, 1.165) is 12.5 Å². The Hall–Kier alpha value is -0.0800. The molecule has 0 aromatic heterocycles. The van der Waals surface area contributed by atoms with E-state index in [1.165, 1.54) is 45.1 Å². The molecule has 1 saturated heterocycles. The maximum absolute atomic E-state index is 9.14. The quantitative estimate of drug-likeness (QED) is 0.798. The Morgan fingerprint density at radius 1 is 1.12 bits per heavy atom. The van der Waals surface area contributed by atoms with Crippen molar-refractivity contribution in [3.8, 4) is 0 Å². The van der Waals surface area contributed by atoms with Gasteiger partial charge in [0, 0.05) is 18.2 Å². The lowest BCUT2D eigenvalue weighted by Gasteiger charge is -2.42. The van der Waals surface area contributed by atoms with Crippen molar-refractivity contribution in [3.05, 3.63) is 0 Å². The lowest BCUT2D eigenvalue weighted by molar-refractivity contribution is 0.0606. The van der Waals surface area contributed by atoms with Crippen molar-refractivity contribution in [1.82, 2.24) is 4.90 Å². The zero-order valence-corrected chi connectivity index (χ0v) is 10.9. The van der Waals surface area contributed by atoms with E-state index in [-0.39, 0.29) is 0 Å². The average Bonchev–Trinajstić information content (AvgIpc) is 2.57. The van der Waals surface area contributed by atoms with Crippen LogP contribution in [0.2, 0.25) is 0 Å². The Bertz CT molecular complexity index is 221. The predicted molar refractivity (Wildman–Crippen MR) is 67.5 cm³/mol. The molecule has 16 heavy (non-hydrogen) atoms. The summed E-state index contributed by atoms with van der Waals surface area (Å²) in [4.78, 5) is 2.74. The molecule has 2 rings (SSSR count). The lowest BCUT2D eigenvalue weighted by atomic mass is 9.84. The molecule has 94 valence electrons. The van der Waals surface area contributed by atoms with Gasteiger partial charge in [-0.3, -0.25) is 4.90 Å². The highest BCUT2D eigenvalue weighted by Crippen LogP contribution is 2.40. The maximum Gasteiger partial charge on any atom is 0.0434 e. The van der Waals surface area contributed by atoms with Gasteiger partial charge in [0.05, 0.1) is 0 Å². The van der Waals surface area contributed by atoms with E-state index < -0.39 is 0 Å². The molecule has 2 fully saturated rings. The standard InChI is InChI=1S/C14H27NO/c1-14(2)12(9-11-16)8-10-15(14)13-6-4-3-5-7-13/h12-13,16H,3-11H2,1-2H3. The molecule has 0 aromatic rings. The van der Waals surface area contributed by atoms with Crippen LogP contribution in [0.25, 0.3) is 0 Å². The molecule has 0 spiro atoms. The summed E-state index contributed by atoms with van der Waals surface area (Å²) in [7, 11) is 0. The molecule has 0 radical (unpaired) electrons. The fourth-order valence-corrected chi connectivity index (χ4v) is 3.87. The Kier molecular flexibility index (Phi) is 3.91. The van der Waals surface area contributed by atoms with E-state index in [9.17, 15) is 0 Å². The van der Waals surface area contributed by atoms with E-state index in [1.54, 1.807) is 0 Å². The third-order valence-corrected chi connectivity index (χ3v) is 4.95. The van der Waals surface area contributed by atoms with Gasteiger partial charge >= 0.3 is 0 Å². The normalized spacial score (nSPS) is 32.1. The van der Waals surface area contributed by atoms with E-state index in [4.69, 9.17) is 5.11 Å². The Balaban J connectivity index is 1.99. The van der Waals surface area contributed by atoms with Gasteiger partial charge in [-0.05, 0) is 52.0 Å². The highest BCUT2D eigenvalue weighted by atomic mass is 16.3. The lowest BCUT2D eigenvalue weighted by Crippen LogP contribution is -2.49. The van der Waals surface area contributed by atoms with Crippen LogP contribution < -0.4 is 0 Å². The van der Waals surface area contributed by atoms with Gasteiger partial charge in [0.25, 0.3) is 0 Å². The van der Waals surface area contributed by atoms with Gasteiger partial charge in [0.1, 0.15) is 0 Å². The second-order valence-electron chi connectivity index (χ2n) is 6.14. The van der Waals surface area contributed by atoms with E-state index in [0.29, 0.717) is 18.1 Å². The number of nitrogens with zero attached hydrogens (tertiary/aromatic N) is 1. The van der Waals surface area contributed by atoms with Crippen LogP contribution in [0.1, 0.15) is 58.8 Å². The largest absolute Gasteiger partial charge is 0.396 e. The summed E-state index contributed by atoms with van der Waals surface area (Å²) < 4.78 is 0. The third-order valence-electron chi connectivity index (χ3n) is 4.95. The highest BCUT2D eigenvalue weighted by Gasteiger charge is 2.43. The van der Waals surface area contributed by atoms with Crippen LogP contribution in [0.15, 0.2) is 0 Å². The second-order valence-corrected chi connectivity index (χ2v) is 6.14. The zero-order chi connectivity index (χ0) is 11.6. The van der Waals surface area contributed by atoms with Crippen molar-refractivity contribution in [1.29, 1.82) is 0 Å². The minimum absolute atomic E-state index is 0.310.